The van der Waals surface area contributed by atoms with E-state index >= 15 is 0 Å². The molecule has 1 heterocycles. The number of benzene rings is 3. The van der Waals surface area contributed by atoms with E-state index in [0.717, 1.165) is 27.6 Å². The summed E-state index contributed by atoms with van der Waals surface area (Å²) in [6.45, 7) is 0. The maximum atomic E-state index is 13.0. The van der Waals surface area contributed by atoms with Gasteiger partial charge in [0.1, 0.15) is 11.8 Å². The standard InChI is InChI=1S/C23H15N3O3S/c1-26-22-17-12-6-8-14-7-5-11-16(19(14)17)20(22)21(25-26)23(27)18(13-24)30(28,29)15-9-3-2-4-10-15/h2-12,27H,1H3/b23-18+. The van der Waals surface area contributed by atoms with Crippen molar-refractivity contribution in [2.75, 3.05) is 0 Å². The highest BCUT2D eigenvalue weighted by molar-refractivity contribution is 7.95. The molecule has 0 saturated heterocycles. The van der Waals surface area contributed by atoms with Crippen LogP contribution in [0.4, 0.5) is 0 Å². The van der Waals surface area contributed by atoms with E-state index in [2.05, 4.69) is 5.10 Å². The Bertz CT molecular complexity index is 1520. The number of nitrogens with zero attached hydrogens (tertiary/aromatic N) is 3. The van der Waals surface area contributed by atoms with Crippen LogP contribution in [0.2, 0.25) is 0 Å². The highest BCUT2D eigenvalue weighted by Crippen LogP contribution is 2.49. The zero-order valence-electron chi connectivity index (χ0n) is 15.9. The molecular formula is C23H15N3O3S. The van der Waals surface area contributed by atoms with Crippen LogP contribution in [-0.4, -0.2) is 23.3 Å². The van der Waals surface area contributed by atoms with Crippen LogP contribution in [0, 0.1) is 11.3 Å². The van der Waals surface area contributed by atoms with Gasteiger partial charge in [-0.2, -0.15) is 10.4 Å². The van der Waals surface area contributed by atoms with Gasteiger partial charge in [0.05, 0.1) is 10.6 Å². The molecule has 1 aromatic heterocycles. The van der Waals surface area contributed by atoms with Gasteiger partial charge < -0.3 is 5.11 Å². The van der Waals surface area contributed by atoms with Crippen molar-refractivity contribution in [3.63, 3.8) is 0 Å². The molecule has 5 rings (SSSR count). The topological polar surface area (TPSA) is 96.0 Å². The van der Waals surface area contributed by atoms with Crippen LogP contribution in [0.1, 0.15) is 5.69 Å². The number of hydrogen-bond donors (Lipinski definition) is 1. The number of allylic oxidation sites excluding steroid dienone is 1. The molecule has 0 unspecified atom stereocenters. The molecule has 6 nitrogen and oxygen atoms in total. The third kappa shape index (κ3) is 2.34. The maximum Gasteiger partial charge on any atom is 0.220 e. The number of nitriles is 1. The molecule has 0 fully saturated rings. The molecule has 1 aliphatic rings. The first-order chi connectivity index (χ1) is 14.4. The Hall–Kier alpha value is -3.89. The normalized spacial score (nSPS) is 13.1. The lowest BCUT2D eigenvalue weighted by Gasteiger charge is -2.07. The second-order valence-electron chi connectivity index (χ2n) is 7.01. The lowest BCUT2D eigenvalue weighted by Crippen LogP contribution is -2.07. The number of hydrogen-bond acceptors (Lipinski definition) is 5. The van der Waals surface area contributed by atoms with Gasteiger partial charge in [-0.15, -0.1) is 0 Å². The number of aryl methyl sites for hydroxylation is 1. The molecule has 0 amide bonds. The quantitative estimate of drug-likeness (QED) is 0.348. The molecule has 0 radical (unpaired) electrons. The average Bonchev–Trinajstić information content (AvgIpc) is 3.27. The van der Waals surface area contributed by atoms with E-state index in [9.17, 15) is 18.8 Å². The van der Waals surface area contributed by atoms with Crippen molar-refractivity contribution in [2.24, 2.45) is 7.05 Å². The van der Waals surface area contributed by atoms with Crippen molar-refractivity contribution in [1.82, 2.24) is 9.78 Å². The lowest BCUT2D eigenvalue weighted by molar-refractivity contribution is 0.504. The van der Waals surface area contributed by atoms with Crippen LogP contribution in [0.3, 0.4) is 0 Å². The van der Waals surface area contributed by atoms with Gasteiger partial charge in [-0.25, -0.2) is 8.42 Å². The van der Waals surface area contributed by atoms with Crippen molar-refractivity contribution < 1.29 is 13.5 Å². The molecule has 4 aromatic rings. The van der Waals surface area contributed by atoms with Gasteiger partial charge in [0.25, 0.3) is 0 Å². The maximum absolute atomic E-state index is 13.0. The molecule has 146 valence electrons. The monoisotopic (exact) mass is 413 g/mol. The largest absolute Gasteiger partial charge is 0.504 e. The molecule has 1 aliphatic carbocycles. The Morgan fingerprint density at radius 2 is 1.67 bits per heavy atom. The van der Waals surface area contributed by atoms with E-state index in [1.165, 1.54) is 12.1 Å². The summed E-state index contributed by atoms with van der Waals surface area (Å²) in [7, 11) is -2.47. The molecule has 7 heteroatoms. The molecule has 0 atom stereocenters. The molecule has 0 aliphatic heterocycles. The van der Waals surface area contributed by atoms with Gasteiger partial charge in [0.15, 0.2) is 10.7 Å². The van der Waals surface area contributed by atoms with Crippen molar-refractivity contribution in [3.8, 4) is 28.5 Å². The number of aliphatic hydroxyl groups is 1. The van der Waals surface area contributed by atoms with Crippen LogP contribution in [0.15, 0.2) is 76.5 Å². The highest BCUT2D eigenvalue weighted by Gasteiger charge is 2.33. The third-order valence-corrected chi connectivity index (χ3v) is 7.05. The van der Waals surface area contributed by atoms with E-state index in [-0.39, 0.29) is 10.6 Å². The average molecular weight is 413 g/mol. The Kier molecular flexibility index (Phi) is 3.82. The summed E-state index contributed by atoms with van der Waals surface area (Å²) in [5.74, 6) is -0.650. The fourth-order valence-corrected chi connectivity index (χ4v) is 5.29. The van der Waals surface area contributed by atoms with E-state index in [0.29, 0.717) is 5.56 Å². The van der Waals surface area contributed by atoms with Gasteiger partial charge in [-0.05, 0) is 28.5 Å². The molecule has 1 N–H and O–H groups in total. The number of rotatable bonds is 3. The minimum Gasteiger partial charge on any atom is -0.504 e. The van der Waals surface area contributed by atoms with Crippen LogP contribution >= 0.6 is 0 Å². The summed E-state index contributed by atoms with van der Waals surface area (Å²) in [5.41, 5.74) is 3.28. The summed E-state index contributed by atoms with van der Waals surface area (Å²) < 4.78 is 27.6. The Morgan fingerprint density at radius 1 is 1.00 bits per heavy atom. The number of fused-ring (bicyclic) bond motifs is 3. The summed E-state index contributed by atoms with van der Waals surface area (Å²) in [6.07, 6.45) is 0. The summed E-state index contributed by atoms with van der Waals surface area (Å²) >= 11 is 0. The van der Waals surface area contributed by atoms with Gasteiger partial charge in [-0.1, -0.05) is 54.6 Å². The van der Waals surface area contributed by atoms with E-state index in [1.807, 2.05) is 36.4 Å². The smallest absolute Gasteiger partial charge is 0.220 e. The minimum atomic E-state index is -4.21. The number of sulfone groups is 1. The second kappa shape index (κ2) is 6.31. The zero-order chi connectivity index (χ0) is 21.0. The summed E-state index contributed by atoms with van der Waals surface area (Å²) in [5, 5.41) is 27.1. The van der Waals surface area contributed by atoms with Crippen LogP contribution in [0.25, 0.3) is 38.9 Å². The summed E-state index contributed by atoms with van der Waals surface area (Å²) in [6, 6.07) is 21.0. The number of aliphatic hydroxyl groups excluding tert-OH is 1. The van der Waals surface area contributed by atoms with Crippen LogP contribution in [-0.2, 0) is 16.9 Å². The minimum absolute atomic E-state index is 0.0638. The highest BCUT2D eigenvalue weighted by atomic mass is 32.2. The fourth-order valence-electron chi connectivity index (χ4n) is 4.07. The van der Waals surface area contributed by atoms with Gasteiger partial charge >= 0.3 is 0 Å². The first kappa shape index (κ1) is 18.2. The van der Waals surface area contributed by atoms with Crippen molar-refractivity contribution in [2.45, 2.75) is 4.90 Å². The van der Waals surface area contributed by atoms with Gasteiger partial charge in [-0.3, -0.25) is 4.68 Å². The van der Waals surface area contributed by atoms with Crippen molar-refractivity contribution >= 4 is 26.4 Å². The third-order valence-electron chi connectivity index (χ3n) is 5.34. The van der Waals surface area contributed by atoms with E-state index in [4.69, 9.17) is 0 Å². The van der Waals surface area contributed by atoms with E-state index < -0.39 is 20.5 Å². The molecule has 0 bridgehead atoms. The Balaban J connectivity index is 1.81. The van der Waals surface area contributed by atoms with Crippen LogP contribution in [0.5, 0.6) is 0 Å². The SMILES string of the molecule is Cn1nc(/C(O)=C(/C#N)S(=O)(=O)c2ccccc2)c2c1-c1cccc3cccc-2c13. The molecular weight excluding hydrogens is 398 g/mol. The second-order valence-corrected chi connectivity index (χ2v) is 8.90. The van der Waals surface area contributed by atoms with Gasteiger partial charge in [0, 0.05) is 18.2 Å². The first-order valence-corrected chi connectivity index (χ1v) is 10.7. The molecule has 0 spiro atoms. The van der Waals surface area contributed by atoms with Crippen molar-refractivity contribution in [1.29, 1.82) is 5.26 Å². The molecule has 0 saturated carbocycles. The lowest BCUT2D eigenvalue weighted by atomic mass is 10.0. The fraction of sp³-hybridized carbons (Fsp3) is 0.0435. The Labute approximate surface area is 172 Å². The zero-order valence-corrected chi connectivity index (χ0v) is 16.7. The van der Waals surface area contributed by atoms with Crippen molar-refractivity contribution in [3.05, 3.63) is 77.3 Å². The molecule has 30 heavy (non-hydrogen) atoms. The predicted octanol–water partition coefficient (Wildman–Crippen LogP) is 4.44. The Morgan fingerprint density at radius 3 is 2.33 bits per heavy atom. The first-order valence-electron chi connectivity index (χ1n) is 9.18. The van der Waals surface area contributed by atoms with Gasteiger partial charge in [0.2, 0.25) is 9.84 Å². The number of aromatic nitrogens is 2. The van der Waals surface area contributed by atoms with Crippen LogP contribution < -0.4 is 0 Å². The van der Waals surface area contributed by atoms with E-state index in [1.54, 1.807) is 36.0 Å². The molecule has 3 aromatic carbocycles. The predicted molar refractivity (Wildman–Crippen MR) is 114 cm³/mol. The summed E-state index contributed by atoms with van der Waals surface area (Å²) in [4.78, 5) is -0.788.